The largest absolute Gasteiger partial charge is 0.348 e. The van der Waals surface area contributed by atoms with E-state index in [2.05, 4.69) is 24.1 Å². The average Bonchev–Trinajstić information content (AvgIpc) is 3.15. The molecule has 26 heavy (non-hydrogen) atoms. The van der Waals surface area contributed by atoms with Crippen LogP contribution in [0.5, 0.6) is 0 Å². The van der Waals surface area contributed by atoms with Gasteiger partial charge in [0.05, 0.1) is 16.9 Å². The highest BCUT2D eigenvalue weighted by molar-refractivity contribution is 7.10. The van der Waals surface area contributed by atoms with Gasteiger partial charge in [-0.15, -0.1) is 11.3 Å². The molecule has 2 aromatic heterocycles. The zero-order valence-corrected chi connectivity index (χ0v) is 16.0. The maximum Gasteiger partial charge on any atom is 0.261 e. The van der Waals surface area contributed by atoms with Gasteiger partial charge in [0, 0.05) is 24.8 Å². The molecule has 1 amide bonds. The third-order valence-electron chi connectivity index (χ3n) is 4.48. The lowest BCUT2D eigenvalue weighted by molar-refractivity contribution is -0.122. The van der Waals surface area contributed by atoms with Crippen molar-refractivity contribution in [3.05, 3.63) is 62.8 Å². The molecule has 0 saturated carbocycles. The summed E-state index contributed by atoms with van der Waals surface area (Å²) in [5.41, 5.74) is 0.592. The summed E-state index contributed by atoms with van der Waals surface area (Å²) in [6.45, 7) is 4.19. The number of carbonyl (C=O) groups is 1. The highest BCUT2D eigenvalue weighted by atomic mass is 32.1. The van der Waals surface area contributed by atoms with Crippen LogP contribution in [0.1, 0.15) is 37.0 Å². The minimum Gasteiger partial charge on any atom is -0.348 e. The number of amides is 1. The smallest absolute Gasteiger partial charge is 0.261 e. The van der Waals surface area contributed by atoms with Gasteiger partial charge >= 0.3 is 0 Å². The van der Waals surface area contributed by atoms with E-state index in [1.165, 1.54) is 4.57 Å². The van der Waals surface area contributed by atoms with E-state index < -0.39 is 0 Å². The molecule has 0 aliphatic rings. The van der Waals surface area contributed by atoms with Crippen LogP contribution < -0.4 is 10.9 Å². The van der Waals surface area contributed by atoms with Crippen molar-refractivity contribution in [2.24, 2.45) is 13.0 Å². The number of para-hydroxylation sites is 1. The van der Waals surface area contributed by atoms with Crippen molar-refractivity contribution in [2.45, 2.75) is 32.7 Å². The maximum absolute atomic E-state index is 12.5. The van der Waals surface area contributed by atoms with Crippen LogP contribution in [-0.2, 0) is 18.3 Å². The molecule has 0 aliphatic heterocycles. The van der Waals surface area contributed by atoms with Crippen LogP contribution in [0.25, 0.3) is 10.9 Å². The third kappa shape index (κ3) is 3.85. The number of hydrogen-bond donors (Lipinski definition) is 1. The normalized spacial score (nSPS) is 12.5. The van der Waals surface area contributed by atoms with Crippen molar-refractivity contribution in [2.75, 3.05) is 0 Å². The Morgan fingerprint density at radius 3 is 2.69 bits per heavy atom. The fourth-order valence-electron chi connectivity index (χ4n) is 2.99. The van der Waals surface area contributed by atoms with Gasteiger partial charge in [-0.2, -0.15) is 0 Å². The minimum absolute atomic E-state index is 0.0101. The number of carbonyl (C=O) groups excluding carboxylic acids is 1. The zero-order chi connectivity index (χ0) is 18.7. The first-order valence-corrected chi connectivity index (χ1v) is 9.62. The highest BCUT2D eigenvalue weighted by Gasteiger charge is 2.19. The number of aromatic nitrogens is 2. The molecule has 0 bridgehead atoms. The van der Waals surface area contributed by atoms with E-state index in [-0.39, 0.29) is 17.5 Å². The van der Waals surface area contributed by atoms with Crippen molar-refractivity contribution >= 4 is 28.1 Å². The minimum atomic E-state index is -0.0790. The SMILES string of the molecule is CC(C)[C@@H](NC(=O)CCc1nc2ccccc2c(=O)n1C)c1cccs1. The Morgan fingerprint density at radius 1 is 1.23 bits per heavy atom. The molecule has 0 unspecified atom stereocenters. The number of rotatable bonds is 6. The first-order valence-electron chi connectivity index (χ1n) is 8.74. The summed E-state index contributed by atoms with van der Waals surface area (Å²) in [7, 11) is 1.71. The molecule has 1 N–H and O–H groups in total. The fraction of sp³-hybridized carbons (Fsp3) is 0.350. The molecule has 0 aliphatic carbocycles. The Labute approximate surface area is 156 Å². The van der Waals surface area contributed by atoms with Gasteiger partial charge in [0.25, 0.3) is 5.56 Å². The average molecular weight is 369 g/mol. The first-order chi connectivity index (χ1) is 12.5. The van der Waals surface area contributed by atoms with E-state index in [0.29, 0.717) is 35.5 Å². The first kappa shape index (κ1) is 18.3. The second-order valence-electron chi connectivity index (χ2n) is 6.71. The van der Waals surface area contributed by atoms with Crippen LogP contribution >= 0.6 is 11.3 Å². The van der Waals surface area contributed by atoms with Crippen molar-refractivity contribution < 1.29 is 4.79 Å². The van der Waals surface area contributed by atoms with E-state index in [0.717, 1.165) is 4.88 Å². The van der Waals surface area contributed by atoms with Crippen molar-refractivity contribution in [1.82, 2.24) is 14.9 Å². The molecule has 3 rings (SSSR count). The molecule has 1 aromatic carbocycles. The lowest BCUT2D eigenvalue weighted by Gasteiger charge is -2.21. The molecule has 2 heterocycles. The van der Waals surface area contributed by atoms with Gasteiger partial charge in [-0.05, 0) is 29.5 Å². The van der Waals surface area contributed by atoms with Crippen LogP contribution in [0, 0.1) is 5.92 Å². The molecule has 0 saturated heterocycles. The number of fused-ring (bicyclic) bond motifs is 1. The molecular weight excluding hydrogens is 346 g/mol. The maximum atomic E-state index is 12.5. The second-order valence-corrected chi connectivity index (χ2v) is 7.69. The lowest BCUT2D eigenvalue weighted by atomic mass is 10.0. The van der Waals surface area contributed by atoms with Gasteiger partial charge in [-0.1, -0.05) is 32.0 Å². The van der Waals surface area contributed by atoms with Crippen LogP contribution in [0.15, 0.2) is 46.6 Å². The topological polar surface area (TPSA) is 64.0 Å². The monoisotopic (exact) mass is 369 g/mol. The van der Waals surface area contributed by atoms with E-state index in [1.807, 2.05) is 35.7 Å². The van der Waals surface area contributed by atoms with Gasteiger partial charge in [-0.3, -0.25) is 14.2 Å². The Bertz CT molecular complexity index is 961. The van der Waals surface area contributed by atoms with Crippen LogP contribution in [-0.4, -0.2) is 15.5 Å². The quantitative estimate of drug-likeness (QED) is 0.724. The number of hydrogen-bond acceptors (Lipinski definition) is 4. The number of aryl methyl sites for hydroxylation is 1. The summed E-state index contributed by atoms with van der Waals surface area (Å²) < 4.78 is 1.54. The molecular formula is C20H23N3O2S. The number of benzene rings is 1. The van der Waals surface area contributed by atoms with Gasteiger partial charge in [0.15, 0.2) is 0 Å². The molecule has 0 spiro atoms. The van der Waals surface area contributed by atoms with Crippen molar-refractivity contribution in [1.29, 1.82) is 0 Å². The number of thiophene rings is 1. The van der Waals surface area contributed by atoms with Crippen LogP contribution in [0.3, 0.4) is 0 Å². The molecule has 0 fully saturated rings. The van der Waals surface area contributed by atoms with Crippen molar-refractivity contribution in [3.8, 4) is 0 Å². The summed E-state index contributed by atoms with van der Waals surface area (Å²) in [5.74, 6) is 0.904. The Balaban J connectivity index is 1.72. The molecule has 3 aromatic rings. The molecule has 5 nitrogen and oxygen atoms in total. The predicted octanol–water partition coefficient (Wildman–Crippen LogP) is 3.44. The van der Waals surface area contributed by atoms with Gasteiger partial charge in [0.2, 0.25) is 5.91 Å². The van der Waals surface area contributed by atoms with Gasteiger partial charge in [0.1, 0.15) is 5.82 Å². The number of nitrogens with zero attached hydrogens (tertiary/aromatic N) is 2. The zero-order valence-electron chi connectivity index (χ0n) is 15.2. The number of nitrogens with one attached hydrogen (secondary N) is 1. The summed E-state index contributed by atoms with van der Waals surface area (Å²) in [6.07, 6.45) is 0.727. The van der Waals surface area contributed by atoms with Crippen LogP contribution in [0.2, 0.25) is 0 Å². The summed E-state index contributed by atoms with van der Waals surface area (Å²) in [5, 5.41) is 5.73. The Morgan fingerprint density at radius 2 is 2.00 bits per heavy atom. The van der Waals surface area contributed by atoms with E-state index in [1.54, 1.807) is 24.5 Å². The summed E-state index contributed by atoms with van der Waals surface area (Å²) in [4.78, 5) is 30.6. The third-order valence-corrected chi connectivity index (χ3v) is 5.44. The standard InChI is InChI=1S/C20H23N3O2S/c1-13(2)19(16-9-6-12-26-16)22-18(24)11-10-17-21-15-8-5-4-7-14(15)20(25)23(17)3/h4-9,12-13,19H,10-11H2,1-3H3,(H,22,24)/t19-/m1/s1. The highest BCUT2D eigenvalue weighted by Crippen LogP contribution is 2.25. The van der Waals surface area contributed by atoms with E-state index in [9.17, 15) is 9.59 Å². The summed E-state index contributed by atoms with van der Waals surface area (Å²) >= 11 is 1.65. The van der Waals surface area contributed by atoms with Gasteiger partial charge < -0.3 is 5.32 Å². The summed E-state index contributed by atoms with van der Waals surface area (Å²) in [6, 6.07) is 11.3. The Kier molecular flexibility index (Phi) is 5.52. The van der Waals surface area contributed by atoms with Crippen molar-refractivity contribution in [3.63, 3.8) is 0 Å². The Hall–Kier alpha value is -2.47. The van der Waals surface area contributed by atoms with E-state index >= 15 is 0 Å². The molecule has 136 valence electrons. The predicted molar refractivity (Wildman–Crippen MR) is 105 cm³/mol. The van der Waals surface area contributed by atoms with E-state index in [4.69, 9.17) is 0 Å². The lowest BCUT2D eigenvalue weighted by Crippen LogP contribution is -2.32. The molecule has 1 atom stereocenters. The van der Waals surface area contributed by atoms with Crippen LogP contribution in [0.4, 0.5) is 0 Å². The molecule has 6 heteroatoms. The molecule has 0 radical (unpaired) electrons. The fourth-order valence-corrected chi connectivity index (χ4v) is 3.94. The van der Waals surface area contributed by atoms with Gasteiger partial charge in [-0.25, -0.2) is 4.98 Å². The second kappa shape index (κ2) is 7.83.